The smallest absolute Gasteiger partial charge is 0.315 e. The summed E-state index contributed by atoms with van der Waals surface area (Å²) in [6.07, 6.45) is 28.0. The maximum absolute atomic E-state index is 12.2. The van der Waals surface area contributed by atoms with Crippen LogP contribution in [0.5, 0.6) is 0 Å². The number of unbranched alkanes of at least 4 members (excludes halogenated alkanes) is 7. The lowest BCUT2D eigenvalue weighted by molar-refractivity contribution is -0.121. The van der Waals surface area contributed by atoms with Crippen LogP contribution >= 0.6 is 11.8 Å². The van der Waals surface area contributed by atoms with Crippen molar-refractivity contribution in [1.82, 2.24) is 21.3 Å². The van der Waals surface area contributed by atoms with Gasteiger partial charge in [-0.05, 0) is 70.3 Å². The highest BCUT2D eigenvalue weighted by Gasteiger charge is 2.42. The topological polar surface area (TPSA) is 116 Å². The number of allylic oxidation sites excluding steroid dienone is 8. The second-order valence-corrected chi connectivity index (χ2v) is 13.4. The highest BCUT2D eigenvalue weighted by Crippen LogP contribution is 2.33. The van der Waals surface area contributed by atoms with Crippen molar-refractivity contribution in [3.63, 3.8) is 0 Å². The van der Waals surface area contributed by atoms with Crippen LogP contribution in [0.3, 0.4) is 0 Å². The van der Waals surface area contributed by atoms with Crippen molar-refractivity contribution in [2.24, 2.45) is 5.92 Å². The van der Waals surface area contributed by atoms with Gasteiger partial charge >= 0.3 is 6.03 Å². The first-order valence-electron chi connectivity index (χ1n) is 16.9. The molecule has 0 aromatic rings. The van der Waals surface area contributed by atoms with Crippen LogP contribution in [0, 0.1) is 5.92 Å². The molecule has 0 saturated carbocycles. The fraction of sp³-hybridized carbons (Fsp3) is 0.657. The van der Waals surface area contributed by atoms with Gasteiger partial charge in [-0.25, -0.2) is 4.79 Å². The highest BCUT2D eigenvalue weighted by atomic mass is 32.2. The molecule has 2 saturated heterocycles. The van der Waals surface area contributed by atoms with Crippen LogP contribution in [0.1, 0.15) is 103 Å². The molecular weight excluding hydrogens is 572 g/mol. The molecule has 244 valence electrons. The lowest BCUT2D eigenvalue weighted by Crippen LogP contribution is -2.36. The van der Waals surface area contributed by atoms with Crippen LogP contribution in [0.15, 0.2) is 48.1 Å². The predicted octanol–water partition coefficient (Wildman–Crippen LogP) is 6.05. The van der Waals surface area contributed by atoms with E-state index in [9.17, 15) is 19.2 Å². The molecule has 4 unspecified atom stereocenters. The van der Waals surface area contributed by atoms with Gasteiger partial charge in [-0.1, -0.05) is 62.6 Å². The minimum Gasteiger partial charge on any atom is -0.356 e. The maximum Gasteiger partial charge on any atom is 0.315 e. The zero-order valence-electron chi connectivity index (χ0n) is 26.6. The summed E-state index contributed by atoms with van der Waals surface area (Å²) in [6.45, 7) is 3.55. The normalized spacial score (nSPS) is 23.5. The lowest BCUT2D eigenvalue weighted by atomic mass is 9.97. The number of ketones is 1. The van der Waals surface area contributed by atoms with E-state index in [-0.39, 0.29) is 41.6 Å². The average Bonchev–Trinajstić information content (AvgIpc) is 3.68. The Balaban J connectivity index is 1.11. The summed E-state index contributed by atoms with van der Waals surface area (Å²) in [4.78, 5) is 47.9. The predicted molar refractivity (Wildman–Crippen MR) is 180 cm³/mol. The van der Waals surface area contributed by atoms with Gasteiger partial charge in [-0.2, -0.15) is 11.8 Å². The van der Waals surface area contributed by atoms with Crippen LogP contribution in [0.4, 0.5) is 4.79 Å². The van der Waals surface area contributed by atoms with Crippen molar-refractivity contribution in [2.45, 2.75) is 121 Å². The van der Waals surface area contributed by atoms with Crippen LogP contribution in [0.25, 0.3) is 0 Å². The van der Waals surface area contributed by atoms with E-state index in [1.807, 2.05) is 30.0 Å². The van der Waals surface area contributed by atoms with Crippen LogP contribution < -0.4 is 21.3 Å². The number of urea groups is 1. The van der Waals surface area contributed by atoms with Crippen molar-refractivity contribution >= 4 is 35.4 Å². The monoisotopic (exact) mass is 626 g/mol. The minimum absolute atomic E-state index is 0.0521. The first-order valence-corrected chi connectivity index (χ1v) is 18.0. The number of carbonyl (C=O) groups excluding carboxylic acids is 4. The Bertz CT molecular complexity index is 1050. The van der Waals surface area contributed by atoms with Gasteiger partial charge in [0.25, 0.3) is 0 Å². The Morgan fingerprint density at radius 2 is 1.64 bits per heavy atom. The number of carbonyl (C=O) groups is 4. The molecule has 0 aromatic carbocycles. The Labute approximate surface area is 268 Å². The molecule has 0 aromatic heterocycles. The molecule has 4 amide bonds. The third-order valence-electron chi connectivity index (χ3n) is 8.46. The Hall–Kier alpha value is -2.81. The molecule has 1 aliphatic carbocycles. The van der Waals surface area contributed by atoms with Crippen LogP contribution in [-0.4, -0.2) is 59.8 Å². The molecule has 8 nitrogen and oxygen atoms in total. The Morgan fingerprint density at radius 1 is 0.886 bits per heavy atom. The van der Waals surface area contributed by atoms with Gasteiger partial charge in [0.1, 0.15) is 0 Å². The molecule has 4 N–H and O–H groups in total. The van der Waals surface area contributed by atoms with E-state index < -0.39 is 0 Å². The fourth-order valence-electron chi connectivity index (χ4n) is 5.85. The largest absolute Gasteiger partial charge is 0.356 e. The zero-order valence-corrected chi connectivity index (χ0v) is 27.4. The number of nitrogens with one attached hydrogen (secondary N) is 4. The summed E-state index contributed by atoms with van der Waals surface area (Å²) in [7, 11) is 0. The summed E-state index contributed by atoms with van der Waals surface area (Å²) < 4.78 is 0. The van der Waals surface area contributed by atoms with Gasteiger partial charge < -0.3 is 21.3 Å². The number of hydrogen-bond donors (Lipinski definition) is 4. The average molecular weight is 627 g/mol. The number of thioether (sulfide) groups is 1. The van der Waals surface area contributed by atoms with E-state index in [4.69, 9.17) is 0 Å². The fourth-order valence-corrected chi connectivity index (χ4v) is 7.40. The maximum atomic E-state index is 12.2. The molecular formula is C35H54N4O4S. The van der Waals surface area contributed by atoms with Gasteiger partial charge in [0.05, 0.1) is 12.1 Å². The molecule has 3 rings (SSSR count). The highest BCUT2D eigenvalue weighted by molar-refractivity contribution is 8.00. The van der Waals surface area contributed by atoms with Crippen molar-refractivity contribution in [3.8, 4) is 0 Å². The Morgan fingerprint density at radius 3 is 2.41 bits per heavy atom. The van der Waals surface area contributed by atoms with Crippen LogP contribution in [-0.2, 0) is 14.4 Å². The van der Waals surface area contributed by atoms with E-state index in [1.54, 1.807) is 6.08 Å². The van der Waals surface area contributed by atoms with Gasteiger partial charge in [0.2, 0.25) is 11.8 Å². The zero-order chi connectivity index (χ0) is 31.4. The molecule has 3 aliphatic rings. The van der Waals surface area contributed by atoms with Gasteiger partial charge in [0.15, 0.2) is 5.78 Å². The summed E-state index contributed by atoms with van der Waals surface area (Å²) in [6, 6.07) is 0.437. The SMILES string of the molecule is CCCCCC=CC=C1C(=O)C=CC1CC=CCCCC(=O)NCCCCCNC(=O)CCCCC1SCC2NC(=O)NC21. The molecule has 9 heteroatoms. The second kappa shape index (κ2) is 21.0. The third-order valence-corrected chi connectivity index (χ3v) is 9.97. The van der Waals surface area contributed by atoms with E-state index >= 15 is 0 Å². The molecule has 2 heterocycles. The number of amides is 4. The van der Waals surface area contributed by atoms with Gasteiger partial charge in [-0.3, -0.25) is 14.4 Å². The molecule has 0 spiro atoms. The summed E-state index contributed by atoms with van der Waals surface area (Å²) in [5.41, 5.74) is 0.867. The van der Waals surface area contributed by atoms with E-state index in [1.165, 1.54) is 19.3 Å². The van der Waals surface area contributed by atoms with Crippen molar-refractivity contribution < 1.29 is 19.2 Å². The molecule has 2 fully saturated rings. The van der Waals surface area contributed by atoms with E-state index in [2.05, 4.69) is 46.4 Å². The third kappa shape index (κ3) is 13.4. The quantitative estimate of drug-likeness (QED) is 0.0506. The summed E-state index contributed by atoms with van der Waals surface area (Å²) >= 11 is 1.91. The standard InChI is InChI=1S/C35H54N4O4S/c1-2-3-4-5-6-11-18-28-27(22-23-30(28)40)17-10-7-8-12-20-32(41)36-24-15-9-16-25-37-33(42)21-14-13-19-31-34-29(26-44-31)38-35(43)39-34/h6-7,10-11,18,22-23,27,29,31,34H,2-5,8-9,12-17,19-21,24-26H2,1H3,(H,36,41)(H,37,42)(H2,38,39,43). The lowest BCUT2D eigenvalue weighted by Gasteiger charge is -2.16. The Kier molecular flexibility index (Phi) is 17.0. The first kappa shape index (κ1) is 35.7. The number of rotatable bonds is 22. The van der Waals surface area contributed by atoms with Crippen molar-refractivity contribution in [1.29, 1.82) is 0 Å². The van der Waals surface area contributed by atoms with E-state index in [0.29, 0.717) is 31.2 Å². The molecule has 0 bridgehead atoms. The molecule has 0 radical (unpaired) electrons. The summed E-state index contributed by atoms with van der Waals surface area (Å²) in [5, 5.41) is 12.4. The van der Waals surface area contributed by atoms with Crippen LogP contribution in [0.2, 0.25) is 0 Å². The first-order chi connectivity index (χ1) is 21.5. The second-order valence-electron chi connectivity index (χ2n) is 12.1. The van der Waals surface area contributed by atoms with Gasteiger partial charge in [-0.15, -0.1) is 0 Å². The number of fused-ring (bicyclic) bond motifs is 1. The molecule has 2 aliphatic heterocycles. The minimum atomic E-state index is -0.0521. The molecule has 4 atom stereocenters. The molecule has 44 heavy (non-hydrogen) atoms. The van der Waals surface area contributed by atoms with Crippen molar-refractivity contribution in [3.05, 3.63) is 48.1 Å². The summed E-state index contributed by atoms with van der Waals surface area (Å²) in [5.74, 6) is 1.42. The van der Waals surface area contributed by atoms with Gasteiger partial charge in [0, 0.05) is 48.4 Å². The number of hydrogen-bond acceptors (Lipinski definition) is 5. The van der Waals surface area contributed by atoms with E-state index in [0.717, 1.165) is 75.5 Å². The van der Waals surface area contributed by atoms with Crippen molar-refractivity contribution in [2.75, 3.05) is 18.8 Å².